The minimum atomic E-state index is -0.410. The SMILES string of the molecule is CCNc1cc(OC(C)(C)CC)cc([N+](=O)[O-])c1. The molecule has 0 saturated heterocycles. The summed E-state index contributed by atoms with van der Waals surface area (Å²) in [5.41, 5.74) is 0.405. The highest BCUT2D eigenvalue weighted by atomic mass is 16.6. The third kappa shape index (κ3) is 3.91. The molecule has 0 atom stereocenters. The first-order valence-corrected chi connectivity index (χ1v) is 6.10. The number of nitrogens with zero attached hydrogens (tertiary/aromatic N) is 1. The molecule has 0 spiro atoms. The van der Waals surface area contributed by atoms with Crippen LogP contribution in [0.4, 0.5) is 11.4 Å². The number of nitrogens with one attached hydrogen (secondary N) is 1. The van der Waals surface area contributed by atoms with Crippen molar-refractivity contribution in [1.29, 1.82) is 0 Å². The molecule has 0 aliphatic rings. The highest BCUT2D eigenvalue weighted by Crippen LogP contribution is 2.29. The van der Waals surface area contributed by atoms with Crippen molar-refractivity contribution >= 4 is 11.4 Å². The molecular formula is C13H20N2O3. The fourth-order valence-electron chi connectivity index (χ4n) is 1.45. The summed E-state index contributed by atoms with van der Waals surface area (Å²) in [5, 5.41) is 13.9. The average molecular weight is 252 g/mol. The lowest BCUT2D eigenvalue weighted by Gasteiger charge is -2.25. The van der Waals surface area contributed by atoms with E-state index in [1.807, 2.05) is 27.7 Å². The molecule has 0 radical (unpaired) electrons. The van der Waals surface area contributed by atoms with E-state index >= 15 is 0 Å². The number of hydrogen-bond acceptors (Lipinski definition) is 4. The summed E-state index contributed by atoms with van der Waals surface area (Å²) in [6.07, 6.45) is 0.826. The monoisotopic (exact) mass is 252 g/mol. The molecular weight excluding hydrogens is 232 g/mol. The van der Waals surface area contributed by atoms with Gasteiger partial charge in [0.2, 0.25) is 0 Å². The van der Waals surface area contributed by atoms with Gasteiger partial charge in [-0.15, -0.1) is 0 Å². The van der Waals surface area contributed by atoms with Gasteiger partial charge in [-0.3, -0.25) is 10.1 Å². The summed E-state index contributed by atoms with van der Waals surface area (Å²) in [4.78, 5) is 10.5. The number of benzene rings is 1. The van der Waals surface area contributed by atoms with Gasteiger partial charge < -0.3 is 10.1 Å². The van der Waals surface area contributed by atoms with Crippen LogP contribution in [0.3, 0.4) is 0 Å². The fourth-order valence-corrected chi connectivity index (χ4v) is 1.45. The Balaban J connectivity index is 3.06. The molecule has 0 saturated carbocycles. The lowest BCUT2D eigenvalue weighted by molar-refractivity contribution is -0.384. The predicted molar refractivity (Wildman–Crippen MR) is 72.3 cm³/mol. The molecule has 0 unspecified atom stereocenters. The molecule has 0 heterocycles. The van der Waals surface area contributed by atoms with E-state index in [1.165, 1.54) is 12.1 Å². The lowest BCUT2D eigenvalue weighted by Crippen LogP contribution is -2.26. The molecule has 100 valence electrons. The van der Waals surface area contributed by atoms with Crippen LogP contribution < -0.4 is 10.1 Å². The van der Waals surface area contributed by atoms with Crippen molar-refractivity contribution in [2.24, 2.45) is 0 Å². The van der Waals surface area contributed by atoms with Crippen molar-refractivity contribution in [3.05, 3.63) is 28.3 Å². The van der Waals surface area contributed by atoms with Gasteiger partial charge in [-0.2, -0.15) is 0 Å². The molecule has 5 nitrogen and oxygen atoms in total. The first kappa shape index (κ1) is 14.3. The van der Waals surface area contributed by atoms with Crippen molar-refractivity contribution < 1.29 is 9.66 Å². The van der Waals surface area contributed by atoms with Gasteiger partial charge >= 0.3 is 0 Å². The van der Waals surface area contributed by atoms with Crippen molar-refractivity contribution in [3.8, 4) is 5.75 Å². The van der Waals surface area contributed by atoms with Crippen LogP contribution in [0.15, 0.2) is 18.2 Å². The maximum Gasteiger partial charge on any atom is 0.275 e. The number of ether oxygens (including phenoxy) is 1. The van der Waals surface area contributed by atoms with Gasteiger partial charge in [-0.1, -0.05) is 6.92 Å². The third-order valence-corrected chi connectivity index (χ3v) is 2.73. The molecule has 0 fully saturated rings. The number of non-ortho nitro benzene ring substituents is 1. The topological polar surface area (TPSA) is 64.4 Å². The van der Waals surface area contributed by atoms with Crippen LogP contribution in [0.2, 0.25) is 0 Å². The fraction of sp³-hybridized carbons (Fsp3) is 0.538. The Morgan fingerprint density at radius 3 is 2.50 bits per heavy atom. The molecule has 1 aromatic rings. The maximum absolute atomic E-state index is 10.9. The zero-order chi connectivity index (χ0) is 13.8. The van der Waals surface area contributed by atoms with Crippen LogP contribution in [0, 0.1) is 10.1 Å². The quantitative estimate of drug-likeness (QED) is 0.620. The summed E-state index contributed by atoms with van der Waals surface area (Å²) < 4.78 is 5.78. The second-order valence-corrected chi connectivity index (χ2v) is 4.72. The Morgan fingerprint density at radius 2 is 2.00 bits per heavy atom. The number of nitro groups is 1. The zero-order valence-electron chi connectivity index (χ0n) is 11.3. The van der Waals surface area contributed by atoms with E-state index in [2.05, 4.69) is 5.32 Å². The largest absolute Gasteiger partial charge is 0.488 e. The van der Waals surface area contributed by atoms with Crippen molar-refractivity contribution in [1.82, 2.24) is 0 Å². The van der Waals surface area contributed by atoms with Crippen molar-refractivity contribution in [2.75, 3.05) is 11.9 Å². The summed E-state index contributed by atoms with van der Waals surface area (Å²) in [7, 11) is 0. The second kappa shape index (κ2) is 5.71. The molecule has 0 aliphatic heterocycles. The van der Waals surface area contributed by atoms with Crippen LogP contribution in [-0.4, -0.2) is 17.1 Å². The van der Waals surface area contributed by atoms with E-state index in [4.69, 9.17) is 4.74 Å². The minimum absolute atomic E-state index is 0.0374. The molecule has 0 aromatic heterocycles. The second-order valence-electron chi connectivity index (χ2n) is 4.72. The van der Waals surface area contributed by atoms with E-state index in [-0.39, 0.29) is 11.3 Å². The maximum atomic E-state index is 10.9. The van der Waals surface area contributed by atoms with Crippen molar-refractivity contribution in [3.63, 3.8) is 0 Å². The standard InChI is InChI=1S/C13H20N2O3/c1-5-13(3,4)18-12-8-10(14-6-2)7-11(9-12)15(16)17/h7-9,14H,5-6H2,1-4H3. The normalized spacial score (nSPS) is 11.1. The molecule has 0 bridgehead atoms. The number of hydrogen-bond donors (Lipinski definition) is 1. The number of nitro benzene ring substituents is 1. The lowest BCUT2D eigenvalue weighted by atomic mass is 10.1. The Kier molecular flexibility index (Phi) is 4.53. The molecule has 0 aliphatic carbocycles. The van der Waals surface area contributed by atoms with Gasteiger partial charge in [0.1, 0.15) is 11.4 Å². The predicted octanol–water partition coefficient (Wildman–Crippen LogP) is 3.59. The summed E-state index contributed by atoms with van der Waals surface area (Å²) in [6, 6.07) is 4.75. The van der Waals surface area contributed by atoms with Gasteiger partial charge in [-0.25, -0.2) is 0 Å². The molecule has 1 aromatic carbocycles. The Morgan fingerprint density at radius 1 is 1.33 bits per heavy atom. The van der Waals surface area contributed by atoms with Crippen LogP contribution in [0.1, 0.15) is 34.1 Å². The van der Waals surface area contributed by atoms with Crippen LogP contribution in [0.25, 0.3) is 0 Å². The smallest absolute Gasteiger partial charge is 0.275 e. The number of anilines is 1. The first-order valence-electron chi connectivity index (χ1n) is 6.10. The minimum Gasteiger partial charge on any atom is -0.488 e. The van der Waals surface area contributed by atoms with E-state index < -0.39 is 4.92 Å². The first-order chi connectivity index (χ1) is 8.38. The average Bonchev–Trinajstić information content (AvgIpc) is 2.28. The Labute approximate surface area is 107 Å². The van der Waals surface area contributed by atoms with Crippen LogP contribution >= 0.6 is 0 Å². The Hall–Kier alpha value is -1.78. The van der Waals surface area contributed by atoms with E-state index in [1.54, 1.807) is 6.07 Å². The van der Waals surface area contributed by atoms with Crippen molar-refractivity contribution in [2.45, 2.75) is 39.7 Å². The Bertz CT molecular complexity index is 430. The molecule has 5 heteroatoms. The summed E-state index contributed by atoms with van der Waals surface area (Å²) >= 11 is 0. The molecule has 18 heavy (non-hydrogen) atoms. The summed E-state index contributed by atoms with van der Waals surface area (Å²) in [6.45, 7) is 8.58. The van der Waals surface area contributed by atoms with Gasteiger partial charge in [0.05, 0.1) is 11.0 Å². The van der Waals surface area contributed by atoms with Gasteiger partial charge in [0.15, 0.2) is 0 Å². The number of rotatable bonds is 6. The molecule has 0 amide bonds. The molecule has 1 N–H and O–H groups in total. The van der Waals surface area contributed by atoms with Crippen LogP contribution in [0.5, 0.6) is 5.75 Å². The zero-order valence-corrected chi connectivity index (χ0v) is 11.3. The molecule has 1 rings (SSSR count). The van der Waals surface area contributed by atoms with E-state index in [0.29, 0.717) is 18.0 Å². The van der Waals surface area contributed by atoms with E-state index in [0.717, 1.165) is 6.42 Å². The van der Waals surface area contributed by atoms with Gasteiger partial charge in [-0.05, 0) is 27.2 Å². The van der Waals surface area contributed by atoms with Gasteiger partial charge in [0, 0.05) is 24.4 Å². The van der Waals surface area contributed by atoms with Crippen LogP contribution in [-0.2, 0) is 0 Å². The van der Waals surface area contributed by atoms with Gasteiger partial charge in [0.25, 0.3) is 5.69 Å². The summed E-state index contributed by atoms with van der Waals surface area (Å²) in [5.74, 6) is 0.520. The highest BCUT2D eigenvalue weighted by Gasteiger charge is 2.19. The van der Waals surface area contributed by atoms with E-state index in [9.17, 15) is 10.1 Å². The highest BCUT2D eigenvalue weighted by molar-refractivity contribution is 5.56. The third-order valence-electron chi connectivity index (χ3n) is 2.73.